The zero-order chi connectivity index (χ0) is 12.8. The molecule has 1 heterocycles. The summed E-state index contributed by atoms with van der Waals surface area (Å²) >= 11 is 0. The average Bonchev–Trinajstić information content (AvgIpc) is 2.47. The van der Waals surface area contributed by atoms with Gasteiger partial charge in [-0.05, 0) is 37.1 Å². The van der Waals surface area contributed by atoms with Gasteiger partial charge in [-0.25, -0.2) is 0 Å². The molecule has 0 saturated carbocycles. The average molecular weight is 249 g/mol. The number of aromatic nitrogens is 1. The van der Waals surface area contributed by atoms with E-state index in [1.165, 1.54) is 11.8 Å². The van der Waals surface area contributed by atoms with Crippen molar-refractivity contribution in [3.05, 3.63) is 57.9 Å². The Labute approximate surface area is 111 Å². The van der Waals surface area contributed by atoms with Crippen molar-refractivity contribution < 1.29 is 0 Å². The Morgan fingerprint density at radius 3 is 2.68 bits per heavy atom. The Kier molecular flexibility index (Phi) is 2.25. The molecule has 2 aromatic carbocycles. The van der Waals surface area contributed by atoms with E-state index in [9.17, 15) is 4.79 Å². The third-order valence-corrected chi connectivity index (χ3v) is 4.19. The summed E-state index contributed by atoms with van der Waals surface area (Å²) in [7, 11) is 0. The highest BCUT2D eigenvalue weighted by molar-refractivity contribution is 6.05. The number of hydrogen-bond acceptors (Lipinski definition) is 1. The van der Waals surface area contributed by atoms with Crippen LogP contribution >= 0.6 is 0 Å². The van der Waals surface area contributed by atoms with Crippen LogP contribution in [0.3, 0.4) is 0 Å². The fourth-order valence-electron chi connectivity index (χ4n) is 3.20. The lowest BCUT2D eigenvalue weighted by Crippen LogP contribution is -2.18. The maximum absolute atomic E-state index is 12.6. The molecule has 1 N–H and O–H groups in total. The Hall–Kier alpha value is -2.09. The summed E-state index contributed by atoms with van der Waals surface area (Å²) in [4.78, 5) is 16.1. The van der Waals surface area contributed by atoms with Crippen molar-refractivity contribution >= 4 is 21.7 Å². The molecule has 4 rings (SSSR count). The molecule has 94 valence electrons. The van der Waals surface area contributed by atoms with Crippen LogP contribution in [0.4, 0.5) is 0 Å². The zero-order valence-electron chi connectivity index (χ0n) is 10.7. The lowest BCUT2D eigenvalue weighted by Gasteiger charge is -2.16. The summed E-state index contributed by atoms with van der Waals surface area (Å²) in [5.41, 5.74) is 3.40. The normalized spacial score (nSPS) is 14.7. The predicted molar refractivity (Wildman–Crippen MR) is 78.7 cm³/mol. The van der Waals surface area contributed by atoms with Crippen LogP contribution in [0.2, 0.25) is 0 Å². The van der Waals surface area contributed by atoms with Gasteiger partial charge in [-0.2, -0.15) is 0 Å². The summed E-state index contributed by atoms with van der Waals surface area (Å²) in [5, 5.41) is 3.16. The largest absolute Gasteiger partial charge is 0.357 e. The van der Waals surface area contributed by atoms with Gasteiger partial charge in [0.15, 0.2) is 5.43 Å². The van der Waals surface area contributed by atoms with Crippen LogP contribution in [0.15, 0.2) is 41.2 Å². The summed E-state index contributed by atoms with van der Waals surface area (Å²) in [6.07, 6.45) is 4.24. The van der Waals surface area contributed by atoms with Gasteiger partial charge in [0.2, 0.25) is 0 Å². The maximum Gasteiger partial charge on any atom is 0.192 e. The van der Waals surface area contributed by atoms with Gasteiger partial charge in [0.25, 0.3) is 0 Å². The van der Waals surface area contributed by atoms with Gasteiger partial charge < -0.3 is 4.98 Å². The predicted octanol–water partition coefficient (Wildman–Crippen LogP) is 3.56. The molecule has 2 heteroatoms. The number of pyridine rings is 1. The van der Waals surface area contributed by atoms with Crippen LogP contribution in [0.1, 0.15) is 24.1 Å². The number of H-pyrrole nitrogens is 1. The molecule has 0 radical (unpaired) electrons. The second kappa shape index (κ2) is 3.95. The van der Waals surface area contributed by atoms with E-state index in [-0.39, 0.29) is 5.43 Å². The van der Waals surface area contributed by atoms with Crippen LogP contribution in [-0.4, -0.2) is 4.98 Å². The minimum Gasteiger partial charge on any atom is -0.357 e. The lowest BCUT2D eigenvalue weighted by atomic mass is 9.93. The molecule has 0 spiro atoms. The Morgan fingerprint density at radius 2 is 1.74 bits per heavy atom. The first-order valence-corrected chi connectivity index (χ1v) is 6.90. The van der Waals surface area contributed by atoms with Crippen molar-refractivity contribution in [3.63, 3.8) is 0 Å². The van der Waals surface area contributed by atoms with Gasteiger partial charge in [0.1, 0.15) is 0 Å². The highest BCUT2D eigenvalue weighted by atomic mass is 16.1. The molecule has 1 aliphatic carbocycles. The molecule has 0 atom stereocenters. The summed E-state index contributed by atoms with van der Waals surface area (Å²) in [6, 6.07) is 12.2. The van der Waals surface area contributed by atoms with Crippen molar-refractivity contribution in [2.45, 2.75) is 25.7 Å². The van der Waals surface area contributed by atoms with Crippen LogP contribution in [0.5, 0.6) is 0 Å². The van der Waals surface area contributed by atoms with Crippen molar-refractivity contribution in [2.75, 3.05) is 0 Å². The molecular weight excluding hydrogens is 234 g/mol. The van der Waals surface area contributed by atoms with E-state index in [4.69, 9.17) is 0 Å². The van der Waals surface area contributed by atoms with Gasteiger partial charge >= 0.3 is 0 Å². The zero-order valence-corrected chi connectivity index (χ0v) is 10.7. The van der Waals surface area contributed by atoms with Crippen molar-refractivity contribution in [3.8, 4) is 0 Å². The molecule has 2 nitrogen and oxygen atoms in total. The molecule has 0 unspecified atom stereocenters. The molecule has 0 saturated heterocycles. The van der Waals surface area contributed by atoms with Gasteiger partial charge in [0, 0.05) is 22.0 Å². The molecule has 19 heavy (non-hydrogen) atoms. The van der Waals surface area contributed by atoms with Crippen LogP contribution in [-0.2, 0) is 12.8 Å². The highest BCUT2D eigenvalue weighted by Crippen LogP contribution is 2.25. The molecular formula is C17H15NO. The van der Waals surface area contributed by atoms with E-state index in [2.05, 4.69) is 17.1 Å². The number of nitrogens with one attached hydrogen (secondary N) is 1. The maximum atomic E-state index is 12.6. The molecule has 0 amide bonds. The number of hydrogen-bond donors (Lipinski definition) is 1. The van der Waals surface area contributed by atoms with E-state index >= 15 is 0 Å². The van der Waals surface area contributed by atoms with E-state index < -0.39 is 0 Å². The first-order chi connectivity index (χ1) is 9.34. The van der Waals surface area contributed by atoms with E-state index in [0.717, 1.165) is 46.8 Å². The summed E-state index contributed by atoms with van der Waals surface area (Å²) < 4.78 is 0. The first kappa shape index (κ1) is 10.8. The Bertz CT molecular complexity index is 845. The van der Waals surface area contributed by atoms with Gasteiger partial charge in [-0.1, -0.05) is 30.3 Å². The molecule has 1 aliphatic rings. The van der Waals surface area contributed by atoms with E-state index in [1.54, 1.807) is 0 Å². The van der Waals surface area contributed by atoms with E-state index in [1.807, 2.05) is 24.3 Å². The van der Waals surface area contributed by atoms with Crippen molar-refractivity contribution in [1.82, 2.24) is 4.98 Å². The fraction of sp³-hybridized carbons (Fsp3) is 0.235. The number of rotatable bonds is 0. The molecule has 1 aromatic heterocycles. The fourth-order valence-corrected chi connectivity index (χ4v) is 3.20. The standard InChI is InChI=1S/C17H15NO/c19-17-13-7-3-4-8-15(13)18-16-12-6-2-1-5-11(12)9-10-14(16)17/h1-2,5-6,9-10H,3-4,7-8H2,(H,18,19). The minimum atomic E-state index is 0.231. The number of aromatic amines is 1. The third-order valence-electron chi connectivity index (χ3n) is 4.19. The molecule has 3 aromatic rings. The SMILES string of the molecule is O=c1c2c([nH]c3c1ccc1ccccc13)CCCC2. The lowest BCUT2D eigenvalue weighted by molar-refractivity contribution is 0.668. The van der Waals surface area contributed by atoms with Crippen molar-refractivity contribution in [1.29, 1.82) is 0 Å². The molecule has 0 bridgehead atoms. The number of aryl methyl sites for hydroxylation is 1. The second-order valence-corrected chi connectivity index (χ2v) is 5.33. The monoisotopic (exact) mass is 249 g/mol. The van der Waals surface area contributed by atoms with Gasteiger partial charge in [0.05, 0.1) is 5.52 Å². The molecule has 0 aliphatic heterocycles. The van der Waals surface area contributed by atoms with Crippen LogP contribution in [0, 0.1) is 0 Å². The Morgan fingerprint density at radius 1 is 0.895 bits per heavy atom. The summed E-state index contributed by atoms with van der Waals surface area (Å²) in [5.74, 6) is 0. The van der Waals surface area contributed by atoms with Crippen LogP contribution < -0.4 is 5.43 Å². The van der Waals surface area contributed by atoms with Gasteiger partial charge in [-0.3, -0.25) is 4.79 Å². The quantitative estimate of drug-likeness (QED) is 0.607. The third kappa shape index (κ3) is 1.53. The molecule has 0 fully saturated rings. The van der Waals surface area contributed by atoms with Crippen LogP contribution in [0.25, 0.3) is 21.7 Å². The van der Waals surface area contributed by atoms with Gasteiger partial charge in [-0.15, -0.1) is 0 Å². The number of benzene rings is 2. The first-order valence-electron chi connectivity index (χ1n) is 6.90. The second-order valence-electron chi connectivity index (χ2n) is 5.33. The minimum absolute atomic E-state index is 0.231. The Balaban J connectivity index is 2.21. The topological polar surface area (TPSA) is 32.9 Å². The number of fused-ring (bicyclic) bond motifs is 4. The highest BCUT2D eigenvalue weighted by Gasteiger charge is 2.16. The smallest absolute Gasteiger partial charge is 0.192 e. The summed E-state index contributed by atoms with van der Waals surface area (Å²) in [6.45, 7) is 0. The van der Waals surface area contributed by atoms with E-state index in [0.29, 0.717) is 0 Å². The van der Waals surface area contributed by atoms with Crippen molar-refractivity contribution in [2.24, 2.45) is 0 Å².